The highest BCUT2D eigenvalue weighted by Gasteiger charge is 2.18. The predicted molar refractivity (Wildman–Crippen MR) is 109 cm³/mol. The Morgan fingerprint density at radius 2 is 1.96 bits per heavy atom. The fourth-order valence-electron chi connectivity index (χ4n) is 3.67. The maximum Gasteiger partial charge on any atom is 0.138 e. The molecule has 0 aliphatic carbocycles. The molecule has 4 rings (SSSR count). The Morgan fingerprint density at radius 3 is 2.61 bits per heavy atom. The summed E-state index contributed by atoms with van der Waals surface area (Å²) in [5.74, 6) is 1.71. The van der Waals surface area contributed by atoms with Gasteiger partial charge in [0.1, 0.15) is 17.6 Å². The van der Waals surface area contributed by atoms with Crippen LogP contribution in [0, 0.1) is 11.3 Å². The van der Waals surface area contributed by atoms with Crippen molar-refractivity contribution in [2.24, 2.45) is 0 Å². The van der Waals surface area contributed by atoms with E-state index in [1.54, 1.807) is 16.9 Å². The van der Waals surface area contributed by atoms with E-state index >= 15 is 0 Å². The molecule has 0 spiro atoms. The summed E-state index contributed by atoms with van der Waals surface area (Å²) >= 11 is 0. The largest absolute Gasteiger partial charge is 0.492 e. The first-order valence-corrected chi connectivity index (χ1v) is 9.71. The zero-order valence-corrected chi connectivity index (χ0v) is 16.3. The van der Waals surface area contributed by atoms with Crippen molar-refractivity contribution in [3.05, 3.63) is 42.4 Å². The van der Waals surface area contributed by atoms with E-state index in [0.717, 1.165) is 60.9 Å². The van der Waals surface area contributed by atoms with Crippen LogP contribution in [0.2, 0.25) is 0 Å². The van der Waals surface area contributed by atoms with Crippen molar-refractivity contribution in [3.8, 4) is 22.9 Å². The van der Waals surface area contributed by atoms with E-state index in [1.807, 2.05) is 19.2 Å². The van der Waals surface area contributed by atoms with Gasteiger partial charge in [-0.15, -0.1) is 0 Å². The topological polar surface area (TPSA) is 69.7 Å². The van der Waals surface area contributed by atoms with Gasteiger partial charge in [0, 0.05) is 43.5 Å². The average Bonchev–Trinajstić information content (AvgIpc) is 3.17. The van der Waals surface area contributed by atoms with Crippen LogP contribution in [-0.2, 0) is 0 Å². The zero-order valence-electron chi connectivity index (χ0n) is 16.3. The molecule has 0 bridgehead atoms. The molecule has 0 unspecified atom stereocenters. The van der Waals surface area contributed by atoms with Gasteiger partial charge in [0.25, 0.3) is 0 Å². The zero-order chi connectivity index (χ0) is 19.5. The number of nitrogens with zero attached hydrogens (tertiary/aromatic N) is 6. The van der Waals surface area contributed by atoms with E-state index in [9.17, 15) is 5.26 Å². The van der Waals surface area contributed by atoms with Crippen molar-refractivity contribution in [2.75, 3.05) is 44.2 Å². The molecule has 3 aromatic heterocycles. The molecule has 0 amide bonds. The summed E-state index contributed by atoms with van der Waals surface area (Å²) in [6.07, 6.45) is 5.27. The molecule has 0 N–H and O–H groups in total. The first-order chi connectivity index (χ1) is 13.7. The normalized spacial score (nSPS) is 15.0. The summed E-state index contributed by atoms with van der Waals surface area (Å²) in [7, 11) is 0. The summed E-state index contributed by atoms with van der Waals surface area (Å²) in [5, 5.41) is 13.8. The van der Waals surface area contributed by atoms with Gasteiger partial charge < -0.3 is 14.5 Å². The number of piperazine rings is 1. The van der Waals surface area contributed by atoms with Gasteiger partial charge in [0.2, 0.25) is 0 Å². The Balaban J connectivity index is 1.68. The number of nitriles is 1. The van der Waals surface area contributed by atoms with Gasteiger partial charge >= 0.3 is 0 Å². The third-order valence-electron chi connectivity index (χ3n) is 5.22. The maximum atomic E-state index is 9.46. The molecule has 1 aliphatic heterocycles. The quantitative estimate of drug-likeness (QED) is 0.682. The molecule has 28 heavy (non-hydrogen) atoms. The molecule has 7 nitrogen and oxygen atoms in total. The van der Waals surface area contributed by atoms with Crippen molar-refractivity contribution in [3.63, 3.8) is 0 Å². The molecular formula is C21H24N6O. The van der Waals surface area contributed by atoms with Crippen LogP contribution in [0.1, 0.15) is 19.4 Å². The molecule has 4 heterocycles. The Morgan fingerprint density at radius 1 is 1.14 bits per heavy atom. The highest BCUT2D eigenvalue weighted by atomic mass is 16.5. The van der Waals surface area contributed by atoms with Gasteiger partial charge in [0.05, 0.1) is 30.1 Å². The summed E-state index contributed by atoms with van der Waals surface area (Å²) in [6, 6.07) is 8.31. The maximum absolute atomic E-state index is 9.46. The molecule has 1 fully saturated rings. The standard InChI is InChI=1S/C21H24N6O/c1-3-25-7-9-26(10-8-25)20-6-5-16(13-23-20)19-11-18(28-4-2)15-27-21(19)17(12-22)14-24-27/h5-6,11,13-15H,3-4,7-10H2,1-2H3. The highest BCUT2D eigenvalue weighted by molar-refractivity contribution is 5.85. The fourth-order valence-corrected chi connectivity index (χ4v) is 3.67. The number of pyridine rings is 2. The molecule has 1 aliphatic rings. The number of likely N-dealkylation sites (N-methyl/N-ethyl adjacent to an activating group) is 1. The number of aromatic nitrogens is 3. The highest BCUT2D eigenvalue weighted by Crippen LogP contribution is 2.31. The van der Waals surface area contributed by atoms with Crippen LogP contribution in [0.15, 0.2) is 36.8 Å². The SMILES string of the molecule is CCOc1cc(-c2ccc(N3CCN(CC)CC3)nc2)c2c(C#N)cnn2c1. The predicted octanol–water partition coefficient (Wildman–Crippen LogP) is 2.81. The van der Waals surface area contributed by atoms with Crippen LogP contribution in [0.3, 0.4) is 0 Å². The van der Waals surface area contributed by atoms with Gasteiger partial charge in [-0.05, 0) is 31.7 Å². The average molecular weight is 376 g/mol. The lowest BCUT2D eigenvalue weighted by Crippen LogP contribution is -2.46. The van der Waals surface area contributed by atoms with Crippen LogP contribution in [0.4, 0.5) is 5.82 Å². The molecule has 144 valence electrons. The lowest BCUT2D eigenvalue weighted by molar-refractivity contribution is 0.270. The Kier molecular flexibility index (Phi) is 5.13. The molecule has 3 aromatic rings. The summed E-state index contributed by atoms with van der Waals surface area (Å²) in [6.45, 7) is 9.93. The monoisotopic (exact) mass is 376 g/mol. The number of hydrogen-bond donors (Lipinski definition) is 0. The van der Waals surface area contributed by atoms with E-state index in [-0.39, 0.29) is 0 Å². The van der Waals surface area contributed by atoms with E-state index < -0.39 is 0 Å². The smallest absolute Gasteiger partial charge is 0.138 e. The van der Waals surface area contributed by atoms with Crippen molar-refractivity contribution in [1.29, 1.82) is 5.26 Å². The van der Waals surface area contributed by atoms with Gasteiger partial charge in [-0.25, -0.2) is 9.50 Å². The first-order valence-electron chi connectivity index (χ1n) is 9.71. The number of hydrogen-bond acceptors (Lipinski definition) is 6. The van der Waals surface area contributed by atoms with Crippen LogP contribution in [0.5, 0.6) is 5.75 Å². The van der Waals surface area contributed by atoms with E-state index in [4.69, 9.17) is 9.72 Å². The van der Waals surface area contributed by atoms with Crippen LogP contribution >= 0.6 is 0 Å². The second-order valence-electron chi connectivity index (χ2n) is 6.81. The third-order valence-corrected chi connectivity index (χ3v) is 5.22. The molecule has 1 saturated heterocycles. The lowest BCUT2D eigenvalue weighted by atomic mass is 10.1. The number of fused-ring (bicyclic) bond motifs is 1. The van der Waals surface area contributed by atoms with E-state index in [0.29, 0.717) is 12.2 Å². The number of rotatable bonds is 5. The van der Waals surface area contributed by atoms with Gasteiger partial charge in [-0.2, -0.15) is 10.4 Å². The van der Waals surface area contributed by atoms with Crippen molar-refractivity contribution in [1.82, 2.24) is 19.5 Å². The second kappa shape index (κ2) is 7.87. The molecule has 0 atom stereocenters. The van der Waals surface area contributed by atoms with Crippen LogP contribution < -0.4 is 9.64 Å². The number of anilines is 1. The minimum absolute atomic E-state index is 0.540. The third kappa shape index (κ3) is 3.39. The molecule has 0 radical (unpaired) electrons. The summed E-state index contributed by atoms with van der Waals surface area (Å²) < 4.78 is 7.39. The van der Waals surface area contributed by atoms with Crippen LogP contribution in [-0.4, -0.2) is 58.8 Å². The Bertz CT molecular complexity index is 996. The summed E-state index contributed by atoms with van der Waals surface area (Å²) in [4.78, 5) is 9.48. The minimum Gasteiger partial charge on any atom is -0.492 e. The van der Waals surface area contributed by atoms with E-state index in [1.165, 1.54) is 0 Å². The molecule has 7 heteroatoms. The van der Waals surface area contributed by atoms with E-state index in [2.05, 4.69) is 40.0 Å². The van der Waals surface area contributed by atoms with Crippen molar-refractivity contribution >= 4 is 11.3 Å². The Labute approximate surface area is 164 Å². The van der Waals surface area contributed by atoms with Gasteiger partial charge in [-0.3, -0.25) is 0 Å². The molecule has 0 saturated carbocycles. The number of ether oxygens (including phenoxy) is 1. The van der Waals surface area contributed by atoms with Gasteiger partial charge in [-0.1, -0.05) is 6.92 Å². The second-order valence-corrected chi connectivity index (χ2v) is 6.81. The van der Waals surface area contributed by atoms with Gasteiger partial charge in [0.15, 0.2) is 0 Å². The fraction of sp³-hybridized carbons (Fsp3) is 0.381. The summed E-state index contributed by atoms with van der Waals surface area (Å²) in [5.41, 5.74) is 3.16. The molecule has 0 aromatic carbocycles. The van der Waals surface area contributed by atoms with Crippen molar-refractivity contribution in [2.45, 2.75) is 13.8 Å². The Hall–Kier alpha value is -3.11. The van der Waals surface area contributed by atoms with Crippen molar-refractivity contribution < 1.29 is 4.74 Å². The lowest BCUT2D eigenvalue weighted by Gasteiger charge is -2.34. The molecular weight excluding hydrogens is 352 g/mol. The first kappa shape index (κ1) is 18.3. The van der Waals surface area contributed by atoms with Crippen LogP contribution in [0.25, 0.3) is 16.6 Å². The minimum atomic E-state index is 0.540.